The highest BCUT2D eigenvalue weighted by Gasteiger charge is 2.09. The molecular formula is C14H9BrN2O4-2. The summed E-state index contributed by atoms with van der Waals surface area (Å²) in [6.07, 6.45) is 0. The Bertz CT molecular complexity index is 731. The van der Waals surface area contributed by atoms with Crippen molar-refractivity contribution >= 4 is 27.9 Å². The van der Waals surface area contributed by atoms with Crippen LogP contribution in [-0.4, -0.2) is 21.9 Å². The van der Waals surface area contributed by atoms with Crippen LogP contribution in [0.25, 0.3) is 11.4 Å². The number of alkyl halides is 1. The summed E-state index contributed by atoms with van der Waals surface area (Å²) in [5.41, 5.74) is 1.38. The van der Waals surface area contributed by atoms with Gasteiger partial charge in [-0.05, 0) is 31.2 Å². The second-order valence-corrected chi connectivity index (χ2v) is 4.88. The van der Waals surface area contributed by atoms with Crippen LogP contribution in [0.2, 0.25) is 0 Å². The van der Waals surface area contributed by atoms with Gasteiger partial charge in [-0.1, -0.05) is 15.9 Å². The van der Waals surface area contributed by atoms with Crippen LogP contribution in [0.3, 0.4) is 0 Å². The Balaban J connectivity index is 2.63. The molecule has 0 saturated heterocycles. The number of aromatic nitrogens is 2. The SMILES string of the molecule is Cc1cc(C(=O)[O-])cc(-c2cc(C(=O)[O-])cc(CBr)n2)n1. The van der Waals surface area contributed by atoms with Crippen LogP contribution >= 0.6 is 15.9 Å². The zero-order valence-corrected chi connectivity index (χ0v) is 12.5. The fourth-order valence-corrected chi connectivity index (χ4v) is 2.11. The summed E-state index contributed by atoms with van der Waals surface area (Å²) in [5, 5.41) is 22.3. The predicted octanol–water partition coefficient (Wildman–Crippen LogP) is 0.0739. The van der Waals surface area contributed by atoms with Crippen LogP contribution in [0.15, 0.2) is 24.3 Å². The third-order valence-corrected chi connectivity index (χ3v) is 3.28. The summed E-state index contributed by atoms with van der Waals surface area (Å²) in [6, 6.07) is 5.33. The number of halogens is 1. The molecule has 0 saturated carbocycles. The lowest BCUT2D eigenvalue weighted by Gasteiger charge is -2.10. The number of nitrogens with zero attached hydrogens (tertiary/aromatic N) is 2. The first kappa shape index (κ1) is 15.1. The van der Waals surface area contributed by atoms with Gasteiger partial charge in [-0.25, -0.2) is 0 Å². The first-order valence-electron chi connectivity index (χ1n) is 5.89. The van der Waals surface area contributed by atoms with Crippen LogP contribution in [0, 0.1) is 6.92 Å². The monoisotopic (exact) mass is 348 g/mol. The highest BCUT2D eigenvalue weighted by Crippen LogP contribution is 2.20. The van der Waals surface area contributed by atoms with Crippen molar-refractivity contribution in [3.8, 4) is 11.4 Å². The minimum Gasteiger partial charge on any atom is -0.545 e. The van der Waals surface area contributed by atoms with Gasteiger partial charge in [0.25, 0.3) is 0 Å². The number of hydrogen-bond donors (Lipinski definition) is 0. The number of rotatable bonds is 4. The first-order valence-corrected chi connectivity index (χ1v) is 7.01. The van der Waals surface area contributed by atoms with Crippen molar-refractivity contribution in [1.29, 1.82) is 0 Å². The van der Waals surface area contributed by atoms with E-state index >= 15 is 0 Å². The van der Waals surface area contributed by atoms with Crippen LogP contribution in [0.5, 0.6) is 0 Å². The van der Waals surface area contributed by atoms with E-state index in [1.165, 1.54) is 24.3 Å². The van der Waals surface area contributed by atoms with E-state index in [-0.39, 0.29) is 22.5 Å². The maximum Gasteiger partial charge on any atom is 0.0896 e. The first-order chi connectivity index (χ1) is 9.90. The van der Waals surface area contributed by atoms with Gasteiger partial charge >= 0.3 is 0 Å². The molecule has 0 fully saturated rings. The van der Waals surface area contributed by atoms with Crippen LogP contribution in [-0.2, 0) is 5.33 Å². The number of carbonyl (C=O) groups is 2. The number of carboxylic acids is 2. The Morgan fingerprint density at radius 2 is 1.52 bits per heavy atom. The number of carbonyl (C=O) groups excluding carboxylic acids is 2. The van der Waals surface area contributed by atoms with Crippen molar-refractivity contribution in [2.75, 3.05) is 0 Å². The summed E-state index contributed by atoms with van der Waals surface area (Å²) in [6.45, 7) is 1.63. The molecule has 2 aromatic heterocycles. The largest absolute Gasteiger partial charge is 0.545 e. The summed E-state index contributed by atoms with van der Waals surface area (Å²) >= 11 is 3.20. The maximum atomic E-state index is 11.0. The minimum atomic E-state index is -1.34. The molecule has 0 atom stereocenters. The van der Waals surface area contributed by atoms with Gasteiger partial charge in [-0.15, -0.1) is 0 Å². The van der Waals surface area contributed by atoms with Crippen molar-refractivity contribution in [2.24, 2.45) is 0 Å². The number of carboxylic acid groups (broad SMARTS) is 2. The normalized spacial score (nSPS) is 10.4. The second-order valence-electron chi connectivity index (χ2n) is 4.32. The minimum absolute atomic E-state index is 0.0430. The van der Waals surface area contributed by atoms with Gasteiger partial charge in [-0.2, -0.15) is 0 Å². The molecule has 0 amide bonds. The van der Waals surface area contributed by atoms with Crippen molar-refractivity contribution < 1.29 is 19.8 Å². The Morgan fingerprint density at radius 1 is 1.00 bits per heavy atom. The lowest BCUT2D eigenvalue weighted by Crippen LogP contribution is -2.23. The van der Waals surface area contributed by atoms with E-state index in [0.717, 1.165) is 0 Å². The van der Waals surface area contributed by atoms with E-state index < -0.39 is 11.9 Å². The predicted molar refractivity (Wildman–Crippen MR) is 73.5 cm³/mol. The molecule has 108 valence electrons. The van der Waals surface area contributed by atoms with Gasteiger partial charge in [0.05, 0.1) is 29.0 Å². The summed E-state index contributed by atoms with van der Waals surface area (Å²) in [4.78, 5) is 30.4. The Morgan fingerprint density at radius 3 is 2.05 bits per heavy atom. The summed E-state index contributed by atoms with van der Waals surface area (Å²) in [5.74, 6) is -2.67. The molecule has 2 heterocycles. The Hall–Kier alpha value is -2.28. The smallest absolute Gasteiger partial charge is 0.0896 e. The molecule has 0 bridgehead atoms. The summed E-state index contributed by atoms with van der Waals surface area (Å²) < 4.78 is 0. The molecule has 21 heavy (non-hydrogen) atoms. The molecule has 0 radical (unpaired) electrons. The zero-order chi connectivity index (χ0) is 15.6. The van der Waals surface area contributed by atoms with E-state index in [9.17, 15) is 19.8 Å². The van der Waals surface area contributed by atoms with Crippen molar-refractivity contribution in [2.45, 2.75) is 12.3 Å². The molecule has 2 aromatic rings. The molecule has 0 N–H and O–H groups in total. The molecule has 6 nitrogen and oxygen atoms in total. The molecule has 0 aliphatic rings. The lowest BCUT2D eigenvalue weighted by atomic mass is 10.1. The highest BCUT2D eigenvalue weighted by molar-refractivity contribution is 9.08. The molecule has 0 spiro atoms. The van der Waals surface area contributed by atoms with E-state index in [1.54, 1.807) is 6.92 Å². The Labute approximate surface area is 128 Å². The van der Waals surface area contributed by atoms with Crippen LogP contribution in [0.4, 0.5) is 0 Å². The molecule has 0 aliphatic heterocycles. The molecule has 0 aromatic carbocycles. The number of pyridine rings is 2. The molecule has 7 heteroatoms. The number of aryl methyl sites for hydroxylation is 1. The van der Waals surface area contributed by atoms with Gasteiger partial charge in [0.1, 0.15) is 0 Å². The number of aromatic carboxylic acids is 2. The lowest BCUT2D eigenvalue weighted by molar-refractivity contribution is -0.256. The van der Waals surface area contributed by atoms with Gasteiger partial charge in [0.15, 0.2) is 0 Å². The Kier molecular flexibility index (Phi) is 4.32. The second kappa shape index (κ2) is 6.01. The third-order valence-electron chi connectivity index (χ3n) is 2.70. The number of hydrogen-bond acceptors (Lipinski definition) is 6. The van der Waals surface area contributed by atoms with E-state index in [2.05, 4.69) is 25.9 Å². The van der Waals surface area contributed by atoms with Gasteiger partial charge < -0.3 is 19.8 Å². The van der Waals surface area contributed by atoms with Crippen LogP contribution < -0.4 is 10.2 Å². The van der Waals surface area contributed by atoms with Gasteiger partial charge in [0.2, 0.25) is 0 Å². The summed E-state index contributed by atoms with van der Waals surface area (Å²) in [7, 11) is 0. The zero-order valence-electron chi connectivity index (χ0n) is 10.9. The topological polar surface area (TPSA) is 106 Å². The standard InChI is InChI=1S/C14H11BrN2O4/c1-7-2-8(13(18)19)4-11(16-7)12-5-9(14(20)21)3-10(6-15)17-12/h2-5H,6H2,1H3,(H,18,19)(H,20,21)/p-2. The van der Waals surface area contributed by atoms with E-state index in [4.69, 9.17) is 0 Å². The maximum absolute atomic E-state index is 11.0. The molecule has 0 aliphatic carbocycles. The van der Waals surface area contributed by atoms with Crippen molar-refractivity contribution in [3.63, 3.8) is 0 Å². The highest BCUT2D eigenvalue weighted by atomic mass is 79.9. The van der Waals surface area contributed by atoms with Crippen LogP contribution in [0.1, 0.15) is 32.1 Å². The fourth-order valence-electron chi connectivity index (χ4n) is 1.82. The van der Waals surface area contributed by atoms with E-state index in [0.29, 0.717) is 16.7 Å². The molecule has 2 rings (SSSR count). The quantitative estimate of drug-likeness (QED) is 0.724. The van der Waals surface area contributed by atoms with Crippen molar-refractivity contribution in [1.82, 2.24) is 9.97 Å². The van der Waals surface area contributed by atoms with Crippen molar-refractivity contribution in [3.05, 3.63) is 46.8 Å². The third kappa shape index (κ3) is 3.43. The fraction of sp³-hybridized carbons (Fsp3) is 0.143. The van der Waals surface area contributed by atoms with Gasteiger partial charge in [-0.3, -0.25) is 9.97 Å². The van der Waals surface area contributed by atoms with Gasteiger partial charge in [0, 0.05) is 22.2 Å². The van der Waals surface area contributed by atoms with E-state index in [1.807, 2.05) is 0 Å². The molecular weight excluding hydrogens is 340 g/mol. The average Bonchev–Trinajstić information content (AvgIpc) is 2.45. The molecule has 0 unspecified atom stereocenters. The average molecular weight is 349 g/mol.